The molecule has 0 saturated heterocycles. The Labute approximate surface area is 129 Å². The molecule has 0 heterocycles. The zero-order valence-corrected chi connectivity index (χ0v) is 13.2. The van der Waals surface area contributed by atoms with Gasteiger partial charge in [0.05, 0.1) is 5.54 Å². The second-order valence-corrected chi connectivity index (χ2v) is 5.75. The van der Waals surface area contributed by atoms with Gasteiger partial charge in [-0.05, 0) is 38.5 Å². The smallest absolute Gasteiger partial charge is 0.262 e. The Hall–Kier alpha value is -1.37. The molecule has 1 rings (SSSR count). The maximum Gasteiger partial charge on any atom is 0.262 e. The van der Waals surface area contributed by atoms with E-state index in [-0.39, 0.29) is 5.91 Å². The maximum atomic E-state index is 12.1. The first-order valence-corrected chi connectivity index (χ1v) is 6.95. The topological polar surface area (TPSA) is 38.3 Å². The molecule has 1 unspecified atom stereocenters. The predicted octanol–water partition coefficient (Wildman–Crippen LogP) is 3.68. The Morgan fingerprint density at radius 2 is 1.95 bits per heavy atom. The van der Waals surface area contributed by atoms with Gasteiger partial charge in [-0.25, -0.2) is 0 Å². The quantitative estimate of drug-likeness (QED) is 0.842. The molecule has 0 bridgehead atoms. The molecule has 1 aromatic rings. The zero-order valence-electron chi connectivity index (χ0n) is 11.7. The summed E-state index contributed by atoms with van der Waals surface area (Å²) < 4.78 is 5.63. The van der Waals surface area contributed by atoms with Gasteiger partial charge >= 0.3 is 0 Å². The van der Waals surface area contributed by atoms with Gasteiger partial charge in [0.25, 0.3) is 5.91 Å². The van der Waals surface area contributed by atoms with Crippen LogP contribution in [0.25, 0.3) is 0 Å². The summed E-state index contributed by atoms with van der Waals surface area (Å²) >= 11 is 11.8. The fraction of sp³-hybridized carbons (Fsp3) is 0.400. The number of rotatable bonds is 5. The first kappa shape index (κ1) is 16.7. The molecular weight excluding hydrogens is 297 g/mol. The summed E-state index contributed by atoms with van der Waals surface area (Å²) in [7, 11) is 0. The van der Waals surface area contributed by atoms with E-state index in [0.29, 0.717) is 22.2 Å². The SMILES string of the molecule is C#CC(C)(C)NC(=O)C(CC)Oc1cc(Cl)cc(Cl)c1. The van der Waals surface area contributed by atoms with Crippen LogP contribution >= 0.6 is 23.2 Å². The molecule has 1 aromatic carbocycles. The van der Waals surface area contributed by atoms with Crippen LogP contribution in [0.15, 0.2) is 18.2 Å². The fourth-order valence-corrected chi connectivity index (χ4v) is 2.01. The lowest BCUT2D eigenvalue weighted by Crippen LogP contribution is -2.48. The van der Waals surface area contributed by atoms with Crippen LogP contribution < -0.4 is 10.1 Å². The van der Waals surface area contributed by atoms with Gasteiger partial charge in [-0.1, -0.05) is 36.0 Å². The van der Waals surface area contributed by atoms with Crippen molar-refractivity contribution in [1.29, 1.82) is 0 Å². The van der Waals surface area contributed by atoms with Crippen molar-refractivity contribution in [2.75, 3.05) is 0 Å². The van der Waals surface area contributed by atoms with Crippen LogP contribution in [-0.4, -0.2) is 17.6 Å². The minimum Gasteiger partial charge on any atom is -0.481 e. The van der Waals surface area contributed by atoms with Gasteiger partial charge in [0, 0.05) is 10.0 Å². The average Bonchev–Trinajstić information content (AvgIpc) is 2.34. The average molecular weight is 314 g/mol. The number of halogens is 2. The molecule has 0 aliphatic heterocycles. The molecule has 0 fully saturated rings. The molecule has 0 spiro atoms. The minimum atomic E-state index is -0.722. The molecule has 0 aromatic heterocycles. The van der Waals surface area contributed by atoms with E-state index >= 15 is 0 Å². The number of carbonyl (C=O) groups excluding carboxylic acids is 1. The first-order chi connectivity index (χ1) is 9.27. The highest BCUT2D eigenvalue weighted by Gasteiger charge is 2.24. The molecule has 1 N–H and O–H groups in total. The van der Waals surface area contributed by atoms with E-state index in [4.69, 9.17) is 34.4 Å². The van der Waals surface area contributed by atoms with E-state index in [9.17, 15) is 4.79 Å². The normalized spacial score (nSPS) is 12.4. The number of ether oxygens (including phenoxy) is 1. The maximum absolute atomic E-state index is 12.1. The molecule has 108 valence electrons. The lowest BCUT2D eigenvalue weighted by molar-refractivity contribution is -0.129. The van der Waals surface area contributed by atoms with E-state index in [0.717, 1.165) is 0 Å². The van der Waals surface area contributed by atoms with E-state index in [1.54, 1.807) is 32.0 Å². The first-order valence-electron chi connectivity index (χ1n) is 6.20. The van der Waals surface area contributed by atoms with Gasteiger partial charge in [0.2, 0.25) is 0 Å². The Bertz CT molecular complexity index is 515. The number of benzene rings is 1. The van der Waals surface area contributed by atoms with Crippen LogP contribution in [0.5, 0.6) is 5.75 Å². The standard InChI is InChI=1S/C15H17Cl2NO2/c1-5-13(14(19)18-15(3,4)6-2)20-12-8-10(16)7-11(17)9-12/h2,7-9,13H,5H2,1,3-4H3,(H,18,19). The summed E-state index contributed by atoms with van der Waals surface area (Å²) in [6.45, 7) is 5.33. The number of carbonyl (C=O) groups is 1. The largest absolute Gasteiger partial charge is 0.481 e. The summed E-state index contributed by atoms with van der Waals surface area (Å²) in [5.41, 5.74) is -0.722. The highest BCUT2D eigenvalue weighted by Crippen LogP contribution is 2.25. The van der Waals surface area contributed by atoms with Crippen LogP contribution in [0.2, 0.25) is 10.0 Å². The molecule has 3 nitrogen and oxygen atoms in total. The van der Waals surface area contributed by atoms with Crippen LogP contribution in [0.1, 0.15) is 27.2 Å². The van der Waals surface area contributed by atoms with Crippen molar-refractivity contribution in [2.45, 2.75) is 38.8 Å². The molecule has 0 saturated carbocycles. The van der Waals surface area contributed by atoms with Crippen molar-refractivity contribution in [3.8, 4) is 18.1 Å². The molecule has 1 amide bonds. The highest BCUT2D eigenvalue weighted by atomic mass is 35.5. The highest BCUT2D eigenvalue weighted by molar-refractivity contribution is 6.34. The number of amides is 1. The number of terminal acetylenes is 1. The van der Waals surface area contributed by atoms with Gasteiger partial charge in [-0.2, -0.15) is 0 Å². The second-order valence-electron chi connectivity index (χ2n) is 4.88. The summed E-state index contributed by atoms with van der Waals surface area (Å²) in [5, 5.41) is 3.64. The van der Waals surface area contributed by atoms with Crippen molar-refractivity contribution in [1.82, 2.24) is 5.32 Å². The van der Waals surface area contributed by atoms with Crippen LogP contribution in [-0.2, 0) is 4.79 Å². The van der Waals surface area contributed by atoms with Crippen molar-refractivity contribution in [3.63, 3.8) is 0 Å². The van der Waals surface area contributed by atoms with Crippen LogP contribution in [0.3, 0.4) is 0 Å². The third kappa shape index (κ3) is 4.96. The Balaban J connectivity index is 2.82. The predicted molar refractivity (Wildman–Crippen MR) is 82.2 cm³/mol. The molecule has 0 radical (unpaired) electrons. The summed E-state index contributed by atoms with van der Waals surface area (Å²) in [4.78, 5) is 12.1. The van der Waals surface area contributed by atoms with Crippen molar-refractivity contribution >= 4 is 29.1 Å². The van der Waals surface area contributed by atoms with E-state index in [2.05, 4.69) is 11.2 Å². The van der Waals surface area contributed by atoms with Crippen molar-refractivity contribution < 1.29 is 9.53 Å². The van der Waals surface area contributed by atoms with E-state index in [1.165, 1.54) is 0 Å². The van der Waals surface area contributed by atoms with Gasteiger partial charge in [0.15, 0.2) is 6.10 Å². The van der Waals surface area contributed by atoms with Gasteiger partial charge in [-0.15, -0.1) is 6.42 Å². The summed E-state index contributed by atoms with van der Waals surface area (Å²) in [6.07, 6.45) is 5.19. The molecule has 0 aliphatic rings. The lowest BCUT2D eigenvalue weighted by atomic mass is 10.1. The molecule has 20 heavy (non-hydrogen) atoms. The van der Waals surface area contributed by atoms with Gasteiger partial charge in [-0.3, -0.25) is 4.79 Å². The number of hydrogen-bond acceptors (Lipinski definition) is 2. The Morgan fingerprint density at radius 3 is 2.40 bits per heavy atom. The van der Waals surface area contributed by atoms with E-state index in [1.807, 2.05) is 6.92 Å². The fourth-order valence-electron chi connectivity index (χ4n) is 1.51. The van der Waals surface area contributed by atoms with Gasteiger partial charge in [0.1, 0.15) is 5.75 Å². The molecule has 5 heteroatoms. The molecular formula is C15H17Cl2NO2. The zero-order chi connectivity index (χ0) is 15.3. The minimum absolute atomic E-state index is 0.272. The lowest BCUT2D eigenvalue weighted by Gasteiger charge is -2.24. The molecule has 1 atom stereocenters. The van der Waals surface area contributed by atoms with Crippen molar-refractivity contribution in [3.05, 3.63) is 28.2 Å². The van der Waals surface area contributed by atoms with Crippen LogP contribution in [0, 0.1) is 12.3 Å². The second kappa shape index (κ2) is 6.88. The van der Waals surface area contributed by atoms with Gasteiger partial charge < -0.3 is 10.1 Å². The Kier molecular flexibility index (Phi) is 5.74. The third-order valence-electron chi connectivity index (χ3n) is 2.57. The molecule has 0 aliphatic carbocycles. The Morgan fingerprint density at radius 1 is 1.40 bits per heavy atom. The van der Waals surface area contributed by atoms with Crippen LogP contribution in [0.4, 0.5) is 0 Å². The number of hydrogen-bond donors (Lipinski definition) is 1. The summed E-state index contributed by atoms with van der Waals surface area (Å²) in [5.74, 6) is 2.68. The van der Waals surface area contributed by atoms with E-state index < -0.39 is 11.6 Å². The monoisotopic (exact) mass is 313 g/mol. The summed E-state index contributed by atoms with van der Waals surface area (Å²) in [6, 6.07) is 4.81. The third-order valence-corrected chi connectivity index (χ3v) is 3.01. The number of nitrogens with one attached hydrogen (secondary N) is 1. The van der Waals surface area contributed by atoms with Crippen molar-refractivity contribution in [2.24, 2.45) is 0 Å².